The first-order chi connectivity index (χ1) is 9.19. The first-order valence-electron chi connectivity index (χ1n) is 5.98. The van der Waals surface area contributed by atoms with Gasteiger partial charge in [0.05, 0.1) is 14.2 Å². The average Bonchev–Trinajstić information content (AvgIpc) is 2.46. The third kappa shape index (κ3) is 2.60. The predicted octanol–water partition coefficient (Wildman–Crippen LogP) is 3.49. The molecule has 0 amide bonds. The van der Waals surface area contributed by atoms with Crippen molar-refractivity contribution in [1.82, 2.24) is 0 Å². The largest absolute Gasteiger partial charge is 0.497 e. The molecule has 3 nitrogen and oxygen atoms in total. The van der Waals surface area contributed by atoms with Gasteiger partial charge in [0.1, 0.15) is 11.5 Å². The highest BCUT2D eigenvalue weighted by Crippen LogP contribution is 2.35. The lowest BCUT2D eigenvalue weighted by atomic mass is 9.97. The Balaban J connectivity index is 2.68. The lowest BCUT2D eigenvalue weighted by molar-refractivity contribution is 0.112. The highest BCUT2D eigenvalue weighted by Gasteiger charge is 2.11. The predicted molar refractivity (Wildman–Crippen MR) is 75.1 cm³/mol. The molecule has 0 heterocycles. The molecule has 0 saturated carbocycles. The zero-order valence-electron chi connectivity index (χ0n) is 11.3. The Morgan fingerprint density at radius 1 is 0.947 bits per heavy atom. The molecule has 0 aliphatic heterocycles. The van der Waals surface area contributed by atoms with Gasteiger partial charge in [-0.3, -0.25) is 4.79 Å². The number of aryl methyl sites for hydroxylation is 1. The summed E-state index contributed by atoms with van der Waals surface area (Å²) in [7, 11) is 3.23. The van der Waals surface area contributed by atoms with Gasteiger partial charge in [0.15, 0.2) is 6.29 Å². The van der Waals surface area contributed by atoms with Crippen LogP contribution < -0.4 is 9.47 Å². The van der Waals surface area contributed by atoms with Gasteiger partial charge >= 0.3 is 0 Å². The van der Waals surface area contributed by atoms with Crippen molar-refractivity contribution in [3.8, 4) is 22.6 Å². The molecular weight excluding hydrogens is 240 g/mol. The van der Waals surface area contributed by atoms with Gasteiger partial charge in [0.2, 0.25) is 0 Å². The van der Waals surface area contributed by atoms with Crippen LogP contribution in [-0.4, -0.2) is 20.5 Å². The molecule has 0 N–H and O–H groups in total. The number of hydrogen-bond acceptors (Lipinski definition) is 3. The Bertz CT molecular complexity index is 603. The van der Waals surface area contributed by atoms with Gasteiger partial charge in [-0.1, -0.05) is 23.8 Å². The lowest BCUT2D eigenvalue weighted by Gasteiger charge is -2.13. The minimum Gasteiger partial charge on any atom is -0.497 e. The molecule has 0 aromatic heterocycles. The molecule has 19 heavy (non-hydrogen) atoms. The molecule has 2 aromatic rings. The molecule has 0 unspecified atom stereocenters. The summed E-state index contributed by atoms with van der Waals surface area (Å²) < 4.78 is 10.6. The highest BCUT2D eigenvalue weighted by atomic mass is 16.5. The molecule has 0 aliphatic carbocycles. The van der Waals surface area contributed by atoms with Crippen LogP contribution >= 0.6 is 0 Å². The van der Waals surface area contributed by atoms with Gasteiger partial charge in [0.25, 0.3) is 0 Å². The fourth-order valence-corrected chi connectivity index (χ4v) is 2.03. The molecule has 0 bridgehead atoms. The Morgan fingerprint density at radius 3 is 2.37 bits per heavy atom. The average molecular weight is 256 g/mol. The first-order valence-corrected chi connectivity index (χ1v) is 5.98. The van der Waals surface area contributed by atoms with Gasteiger partial charge in [-0.25, -0.2) is 0 Å². The third-order valence-electron chi connectivity index (χ3n) is 3.03. The summed E-state index contributed by atoms with van der Waals surface area (Å²) >= 11 is 0. The third-order valence-corrected chi connectivity index (χ3v) is 3.03. The molecule has 2 aromatic carbocycles. The van der Waals surface area contributed by atoms with Crippen molar-refractivity contribution in [2.24, 2.45) is 0 Å². The summed E-state index contributed by atoms with van der Waals surface area (Å²) in [4.78, 5) is 11.2. The summed E-state index contributed by atoms with van der Waals surface area (Å²) in [6.07, 6.45) is 0.855. The monoisotopic (exact) mass is 256 g/mol. The summed E-state index contributed by atoms with van der Waals surface area (Å²) in [5.74, 6) is 1.45. The van der Waals surface area contributed by atoms with E-state index in [0.29, 0.717) is 5.56 Å². The topological polar surface area (TPSA) is 35.5 Å². The van der Waals surface area contributed by atoms with Crippen molar-refractivity contribution < 1.29 is 14.3 Å². The molecule has 0 saturated heterocycles. The van der Waals surface area contributed by atoms with Crippen molar-refractivity contribution >= 4 is 6.29 Å². The van der Waals surface area contributed by atoms with E-state index < -0.39 is 0 Å². The van der Waals surface area contributed by atoms with E-state index >= 15 is 0 Å². The van der Waals surface area contributed by atoms with Crippen LogP contribution in [0.15, 0.2) is 36.4 Å². The zero-order valence-corrected chi connectivity index (χ0v) is 11.3. The van der Waals surface area contributed by atoms with Crippen molar-refractivity contribution in [3.63, 3.8) is 0 Å². The molecule has 0 fully saturated rings. The van der Waals surface area contributed by atoms with Crippen LogP contribution in [0, 0.1) is 6.92 Å². The smallest absolute Gasteiger partial charge is 0.150 e. The van der Waals surface area contributed by atoms with E-state index in [-0.39, 0.29) is 0 Å². The lowest BCUT2D eigenvalue weighted by Crippen LogP contribution is -1.94. The fraction of sp³-hybridized carbons (Fsp3) is 0.188. The number of hydrogen-bond donors (Lipinski definition) is 0. The number of rotatable bonds is 4. The van der Waals surface area contributed by atoms with E-state index in [9.17, 15) is 4.79 Å². The van der Waals surface area contributed by atoms with Crippen LogP contribution in [0.3, 0.4) is 0 Å². The minimum atomic E-state index is 0.636. The number of ether oxygens (including phenoxy) is 2. The number of methoxy groups -OCH3 is 2. The van der Waals surface area contributed by atoms with Gasteiger partial charge in [-0.05, 0) is 30.7 Å². The van der Waals surface area contributed by atoms with Gasteiger partial charge in [-0.2, -0.15) is 0 Å². The van der Waals surface area contributed by atoms with Gasteiger partial charge in [0, 0.05) is 11.1 Å². The summed E-state index contributed by atoms with van der Waals surface area (Å²) in [6, 6.07) is 11.3. The van der Waals surface area contributed by atoms with Crippen LogP contribution in [-0.2, 0) is 0 Å². The van der Waals surface area contributed by atoms with Crippen LogP contribution in [0.5, 0.6) is 11.5 Å². The summed E-state index contributed by atoms with van der Waals surface area (Å²) in [5, 5.41) is 0. The quantitative estimate of drug-likeness (QED) is 0.785. The van der Waals surface area contributed by atoms with E-state index in [4.69, 9.17) is 9.47 Å². The van der Waals surface area contributed by atoms with Crippen LogP contribution in [0.2, 0.25) is 0 Å². The Morgan fingerprint density at radius 2 is 1.74 bits per heavy atom. The second kappa shape index (κ2) is 5.57. The molecule has 0 aliphatic rings. The first kappa shape index (κ1) is 13.1. The van der Waals surface area contributed by atoms with Crippen molar-refractivity contribution in [2.75, 3.05) is 14.2 Å². The van der Waals surface area contributed by atoms with E-state index in [1.54, 1.807) is 14.2 Å². The zero-order chi connectivity index (χ0) is 13.8. The van der Waals surface area contributed by atoms with Gasteiger partial charge in [-0.15, -0.1) is 0 Å². The van der Waals surface area contributed by atoms with E-state index in [2.05, 4.69) is 0 Å². The molecular formula is C16H16O3. The normalized spacial score (nSPS) is 10.1. The number of aldehydes is 1. The van der Waals surface area contributed by atoms with Crippen LogP contribution in [0.1, 0.15) is 15.9 Å². The van der Waals surface area contributed by atoms with E-state index in [0.717, 1.165) is 34.5 Å². The Kier molecular flexibility index (Phi) is 3.85. The minimum absolute atomic E-state index is 0.636. The maximum Gasteiger partial charge on any atom is 0.150 e. The SMILES string of the molecule is COc1ccc(OC)c(-c2cc(C)ccc2C=O)c1. The van der Waals surface area contributed by atoms with Crippen LogP contribution in [0.25, 0.3) is 11.1 Å². The number of benzene rings is 2. The highest BCUT2D eigenvalue weighted by molar-refractivity contribution is 5.90. The second-order valence-electron chi connectivity index (χ2n) is 4.27. The maximum atomic E-state index is 11.2. The summed E-state index contributed by atoms with van der Waals surface area (Å²) in [6.45, 7) is 1.99. The number of carbonyl (C=O) groups is 1. The molecule has 0 atom stereocenters. The number of carbonyl (C=O) groups excluding carboxylic acids is 1. The van der Waals surface area contributed by atoms with Gasteiger partial charge < -0.3 is 9.47 Å². The Hall–Kier alpha value is -2.29. The Labute approximate surface area is 112 Å². The molecule has 2 rings (SSSR count). The van der Waals surface area contributed by atoms with Crippen molar-refractivity contribution in [2.45, 2.75) is 6.92 Å². The second-order valence-corrected chi connectivity index (χ2v) is 4.27. The summed E-state index contributed by atoms with van der Waals surface area (Å²) in [5.41, 5.74) is 3.43. The molecule has 0 radical (unpaired) electrons. The maximum absolute atomic E-state index is 11.2. The van der Waals surface area contributed by atoms with E-state index in [1.165, 1.54) is 0 Å². The van der Waals surface area contributed by atoms with E-state index in [1.807, 2.05) is 43.3 Å². The standard InChI is InChI=1S/C16H16O3/c1-11-4-5-12(10-17)14(8-11)15-9-13(18-2)6-7-16(15)19-3/h4-10H,1-3H3. The van der Waals surface area contributed by atoms with Crippen LogP contribution in [0.4, 0.5) is 0 Å². The van der Waals surface area contributed by atoms with Crippen molar-refractivity contribution in [3.05, 3.63) is 47.5 Å². The molecule has 0 spiro atoms. The fourth-order valence-electron chi connectivity index (χ4n) is 2.03. The molecule has 3 heteroatoms. The molecule has 98 valence electrons. The van der Waals surface area contributed by atoms with Crippen molar-refractivity contribution in [1.29, 1.82) is 0 Å².